The molecular weight excluding hydrogens is 330 g/mol. The first-order chi connectivity index (χ1) is 11.2. The molecule has 0 saturated carbocycles. The fourth-order valence-electron chi connectivity index (χ4n) is 2.54. The Kier molecular flexibility index (Phi) is 3.53. The normalized spacial score (nSPS) is 14.0. The Morgan fingerprint density at radius 3 is 3.09 bits per heavy atom. The van der Waals surface area contributed by atoms with Crippen LogP contribution in [0.15, 0.2) is 55.0 Å². The van der Waals surface area contributed by atoms with E-state index in [2.05, 4.69) is 4.98 Å². The van der Waals surface area contributed by atoms with Gasteiger partial charge >= 0.3 is 0 Å². The zero-order valence-corrected chi connectivity index (χ0v) is 13.5. The molecule has 0 saturated heterocycles. The number of nitrogens with two attached hydrogens (primary N) is 1. The van der Waals surface area contributed by atoms with E-state index in [0.717, 1.165) is 21.8 Å². The minimum absolute atomic E-state index is 0.0475. The first-order valence-corrected chi connectivity index (χ1v) is 8.28. The van der Waals surface area contributed by atoms with Crippen LogP contribution < -0.4 is 9.88 Å². The van der Waals surface area contributed by atoms with E-state index < -0.39 is 0 Å². The smallest absolute Gasteiger partial charge is 0.267 e. The van der Waals surface area contributed by atoms with Gasteiger partial charge in [-0.2, -0.15) is 0 Å². The summed E-state index contributed by atoms with van der Waals surface area (Å²) in [5, 5.41) is 6.43. The SMILES string of the molecule is O=C([C-]1C=[S+][C-](c2cccnc2)[NH2+]1)[n+]1ccc2cc(Cl)cc[c-]21. The molecule has 3 aromatic rings. The van der Waals surface area contributed by atoms with Crippen molar-refractivity contribution in [2.24, 2.45) is 0 Å². The molecule has 3 heterocycles. The van der Waals surface area contributed by atoms with Crippen LogP contribution in [-0.4, -0.2) is 16.3 Å². The molecule has 0 unspecified atom stereocenters. The van der Waals surface area contributed by atoms with E-state index in [-0.39, 0.29) is 5.91 Å². The van der Waals surface area contributed by atoms with Gasteiger partial charge in [0.25, 0.3) is 11.3 Å². The maximum absolute atomic E-state index is 12.8. The van der Waals surface area contributed by atoms with Crippen molar-refractivity contribution >= 4 is 45.1 Å². The number of quaternary nitrogens is 1. The Morgan fingerprint density at radius 2 is 2.26 bits per heavy atom. The van der Waals surface area contributed by atoms with Crippen LogP contribution in [0.4, 0.5) is 0 Å². The third-order valence-electron chi connectivity index (χ3n) is 3.66. The van der Waals surface area contributed by atoms with Crippen LogP contribution in [-0.2, 0) is 11.4 Å². The molecule has 0 bridgehead atoms. The van der Waals surface area contributed by atoms with Crippen LogP contribution in [0.3, 0.4) is 0 Å². The average molecular weight is 342 g/mol. The van der Waals surface area contributed by atoms with Gasteiger partial charge < -0.3 is 10.3 Å². The molecule has 0 spiro atoms. The van der Waals surface area contributed by atoms with Crippen molar-refractivity contribution in [2.45, 2.75) is 0 Å². The Balaban J connectivity index is 1.59. The van der Waals surface area contributed by atoms with Crippen LogP contribution in [0.25, 0.3) is 10.9 Å². The van der Waals surface area contributed by atoms with Crippen molar-refractivity contribution in [2.75, 3.05) is 0 Å². The monoisotopic (exact) mass is 341 g/mol. The van der Waals surface area contributed by atoms with E-state index in [0.29, 0.717) is 11.1 Å². The van der Waals surface area contributed by atoms with Crippen molar-refractivity contribution in [1.29, 1.82) is 0 Å². The Hall–Kier alpha value is -2.34. The molecule has 2 N–H and O–H groups in total. The summed E-state index contributed by atoms with van der Waals surface area (Å²) in [6, 6.07) is 12.0. The number of aromatic nitrogens is 2. The van der Waals surface area contributed by atoms with Crippen molar-refractivity contribution < 1.29 is 14.7 Å². The summed E-state index contributed by atoms with van der Waals surface area (Å²) in [5.74, 6) is -0.0475. The number of pyridine rings is 1. The minimum atomic E-state index is -0.0475. The molecule has 23 heavy (non-hydrogen) atoms. The van der Waals surface area contributed by atoms with E-state index in [1.54, 1.807) is 40.6 Å². The highest BCUT2D eigenvalue weighted by molar-refractivity contribution is 7.81. The number of fused-ring (bicyclic) bond motifs is 1. The highest BCUT2D eigenvalue weighted by Gasteiger charge is 2.29. The van der Waals surface area contributed by atoms with Gasteiger partial charge in [0.15, 0.2) is 11.4 Å². The van der Waals surface area contributed by atoms with Gasteiger partial charge in [-0.05, 0) is 28.7 Å². The Labute approximate surface area is 142 Å². The molecular formula is C17H12ClN3OS. The topological polar surface area (TPSA) is 50.5 Å². The summed E-state index contributed by atoms with van der Waals surface area (Å²) >= 11 is 7.54. The predicted molar refractivity (Wildman–Crippen MR) is 90.6 cm³/mol. The Morgan fingerprint density at radius 1 is 1.35 bits per heavy atom. The quantitative estimate of drug-likeness (QED) is 0.328. The van der Waals surface area contributed by atoms with Gasteiger partial charge in [-0.15, -0.1) is 6.07 Å². The number of rotatable bonds is 2. The van der Waals surface area contributed by atoms with Gasteiger partial charge in [0.1, 0.15) is 5.52 Å². The lowest BCUT2D eigenvalue weighted by atomic mass is 10.2. The number of hydrogen-bond donors (Lipinski definition) is 1. The van der Waals surface area contributed by atoms with Crippen molar-refractivity contribution in [3.63, 3.8) is 0 Å². The lowest BCUT2D eigenvalue weighted by Crippen LogP contribution is -2.88. The summed E-state index contributed by atoms with van der Waals surface area (Å²) < 4.78 is 1.65. The van der Waals surface area contributed by atoms with Crippen LogP contribution in [0, 0.1) is 11.4 Å². The summed E-state index contributed by atoms with van der Waals surface area (Å²) in [6.45, 7) is 0. The van der Waals surface area contributed by atoms with Crippen molar-refractivity contribution in [3.8, 4) is 0 Å². The Bertz CT molecular complexity index is 907. The van der Waals surface area contributed by atoms with Crippen molar-refractivity contribution in [1.82, 2.24) is 4.98 Å². The van der Waals surface area contributed by atoms with Gasteiger partial charge in [-0.1, -0.05) is 47.6 Å². The van der Waals surface area contributed by atoms with Crippen molar-refractivity contribution in [3.05, 3.63) is 77.0 Å². The van der Waals surface area contributed by atoms with E-state index in [4.69, 9.17) is 11.6 Å². The number of nitrogens with zero attached hydrogens (tertiary/aromatic N) is 2. The fourth-order valence-corrected chi connectivity index (χ4v) is 3.59. The lowest BCUT2D eigenvalue weighted by Gasteiger charge is -2.16. The second kappa shape index (κ2) is 5.70. The van der Waals surface area contributed by atoms with Gasteiger partial charge in [0.05, 0.1) is 11.6 Å². The largest absolute Gasteiger partial charge is 0.413 e. The van der Waals surface area contributed by atoms with E-state index in [1.165, 1.54) is 0 Å². The number of carbonyl (C=O) groups is 1. The molecule has 114 valence electrons. The zero-order valence-electron chi connectivity index (χ0n) is 11.9. The minimum Gasteiger partial charge on any atom is -0.413 e. The summed E-state index contributed by atoms with van der Waals surface area (Å²) in [4.78, 5) is 16.9. The zero-order chi connectivity index (χ0) is 15.8. The van der Waals surface area contributed by atoms with Gasteiger partial charge in [0, 0.05) is 0 Å². The highest BCUT2D eigenvalue weighted by atomic mass is 35.5. The van der Waals surface area contributed by atoms with Gasteiger partial charge in [-0.3, -0.25) is 4.79 Å². The summed E-state index contributed by atoms with van der Waals surface area (Å²) in [6.07, 6.45) is 5.32. The van der Waals surface area contributed by atoms with Gasteiger partial charge in [0.2, 0.25) is 0 Å². The number of benzene rings is 1. The van der Waals surface area contributed by atoms with E-state index in [1.807, 2.05) is 41.0 Å². The molecule has 1 aromatic carbocycles. The molecule has 0 aliphatic carbocycles. The second-order valence-corrected chi connectivity index (χ2v) is 6.48. The van der Waals surface area contributed by atoms with E-state index in [9.17, 15) is 4.79 Å². The maximum Gasteiger partial charge on any atom is 0.267 e. The predicted octanol–water partition coefficient (Wildman–Crippen LogP) is 1.07. The average Bonchev–Trinajstić information content (AvgIpc) is 3.22. The first kappa shape index (κ1) is 14.3. The molecule has 0 amide bonds. The van der Waals surface area contributed by atoms with Crippen LogP contribution in [0.5, 0.6) is 0 Å². The fraction of sp³-hybridized carbons (Fsp3) is 0. The van der Waals surface area contributed by atoms with E-state index >= 15 is 0 Å². The molecule has 2 aromatic heterocycles. The number of carbonyl (C=O) groups excluding carboxylic acids is 1. The molecule has 0 radical (unpaired) electrons. The molecule has 1 aliphatic heterocycles. The highest BCUT2D eigenvalue weighted by Crippen LogP contribution is 2.17. The molecule has 4 rings (SSSR count). The molecule has 1 aliphatic rings. The summed E-state index contributed by atoms with van der Waals surface area (Å²) in [7, 11) is 0. The third-order valence-corrected chi connectivity index (χ3v) is 4.88. The lowest BCUT2D eigenvalue weighted by molar-refractivity contribution is -0.612. The third kappa shape index (κ3) is 2.59. The molecule has 0 atom stereocenters. The summed E-state index contributed by atoms with van der Waals surface area (Å²) in [5.41, 5.74) is 1.87. The second-order valence-electron chi connectivity index (χ2n) is 5.14. The first-order valence-electron chi connectivity index (χ1n) is 7.02. The standard InChI is InChI=1S/C17H12ClN3OS/c18-13-3-4-15-11(8-13)5-7-21(15)17(22)14-10-23-16(20-14)12-2-1-6-19-9-12/h1-10H,20H2. The maximum atomic E-state index is 12.8. The van der Waals surface area contributed by atoms with Gasteiger partial charge in [-0.25, -0.2) is 4.57 Å². The molecule has 6 heteroatoms. The van der Waals surface area contributed by atoms with Crippen LogP contribution in [0.1, 0.15) is 10.4 Å². The molecule has 0 fully saturated rings. The van der Waals surface area contributed by atoms with Crippen LogP contribution in [0.2, 0.25) is 5.02 Å². The number of hydrogen-bond acceptors (Lipinski definition) is 2. The molecule has 4 nitrogen and oxygen atoms in total. The number of halogens is 1. The van der Waals surface area contributed by atoms with Crippen LogP contribution >= 0.6 is 11.6 Å².